The van der Waals surface area contributed by atoms with E-state index in [9.17, 15) is 4.79 Å². The van der Waals surface area contributed by atoms with Gasteiger partial charge in [-0.15, -0.1) is 0 Å². The lowest BCUT2D eigenvalue weighted by atomic mass is 10.0. The zero-order valence-electron chi connectivity index (χ0n) is 13.9. The Labute approximate surface area is 124 Å². The van der Waals surface area contributed by atoms with Gasteiger partial charge in [-0.05, 0) is 52.3 Å². The van der Waals surface area contributed by atoms with Crippen molar-refractivity contribution in [2.75, 3.05) is 13.6 Å². The van der Waals surface area contributed by atoms with E-state index in [4.69, 9.17) is 0 Å². The van der Waals surface area contributed by atoms with Crippen LogP contribution in [0.2, 0.25) is 0 Å². The number of Topliss-reactive ketones (excluding diaryl/α,β-unsaturated/α-hetero) is 1. The van der Waals surface area contributed by atoms with Crippen molar-refractivity contribution in [2.45, 2.75) is 53.5 Å². The van der Waals surface area contributed by atoms with Crippen molar-refractivity contribution >= 4 is 5.78 Å². The smallest absolute Gasteiger partial charge is 0.164 e. The summed E-state index contributed by atoms with van der Waals surface area (Å²) in [4.78, 5) is 14.6. The van der Waals surface area contributed by atoms with Crippen LogP contribution in [0.5, 0.6) is 0 Å². The molecule has 0 N–H and O–H groups in total. The highest BCUT2D eigenvalue weighted by Gasteiger charge is 2.13. The molecule has 1 atom stereocenters. The van der Waals surface area contributed by atoms with Crippen molar-refractivity contribution in [3.05, 3.63) is 34.9 Å². The van der Waals surface area contributed by atoms with E-state index in [1.807, 2.05) is 26.0 Å². The van der Waals surface area contributed by atoms with Crippen molar-refractivity contribution in [2.24, 2.45) is 5.92 Å². The lowest BCUT2D eigenvalue weighted by Crippen LogP contribution is -2.32. The van der Waals surface area contributed by atoms with Gasteiger partial charge >= 0.3 is 0 Å². The molecular formula is C18H29NO. The lowest BCUT2D eigenvalue weighted by Gasteiger charge is -2.25. The minimum atomic E-state index is 0.250. The molecule has 0 amide bonds. The summed E-state index contributed by atoms with van der Waals surface area (Å²) in [7, 11) is 2.11. The van der Waals surface area contributed by atoms with Gasteiger partial charge in [-0.1, -0.05) is 31.0 Å². The number of hydrogen-bond donors (Lipinski definition) is 0. The van der Waals surface area contributed by atoms with Crippen molar-refractivity contribution < 1.29 is 4.79 Å². The summed E-state index contributed by atoms with van der Waals surface area (Å²) in [5, 5.41) is 0. The molecule has 0 aliphatic carbocycles. The molecule has 1 rings (SSSR count). The Bertz CT molecular complexity index is 430. The van der Waals surface area contributed by atoms with Gasteiger partial charge in [-0.3, -0.25) is 4.79 Å². The Morgan fingerprint density at radius 3 is 2.15 bits per heavy atom. The topological polar surface area (TPSA) is 20.3 Å². The van der Waals surface area contributed by atoms with Crippen LogP contribution in [0.4, 0.5) is 0 Å². The van der Waals surface area contributed by atoms with Crippen molar-refractivity contribution in [1.82, 2.24) is 4.90 Å². The molecule has 20 heavy (non-hydrogen) atoms. The number of aryl methyl sites for hydroxylation is 2. The second-order valence-corrected chi connectivity index (χ2v) is 6.51. The minimum absolute atomic E-state index is 0.250. The van der Waals surface area contributed by atoms with E-state index in [1.165, 1.54) is 6.42 Å². The number of carbonyl (C=O) groups is 1. The summed E-state index contributed by atoms with van der Waals surface area (Å²) in [5.74, 6) is 0.947. The van der Waals surface area contributed by atoms with Crippen LogP contribution in [0.15, 0.2) is 18.2 Å². The molecule has 0 radical (unpaired) electrons. The molecular weight excluding hydrogens is 246 g/mol. The summed E-state index contributed by atoms with van der Waals surface area (Å²) in [6.07, 6.45) is 1.77. The zero-order chi connectivity index (χ0) is 15.3. The largest absolute Gasteiger partial charge is 0.303 e. The Kier molecular flexibility index (Phi) is 6.41. The quantitative estimate of drug-likeness (QED) is 0.694. The Balaban J connectivity index is 2.54. The van der Waals surface area contributed by atoms with E-state index in [2.05, 4.69) is 38.8 Å². The molecule has 1 aromatic rings. The van der Waals surface area contributed by atoms with Gasteiger partial charge in [0.05, 0.1) is 0 Å². The third-order valence-corrected chi connectivity index (χ3v) is 3.80. The van der Waals surface area contributed by atoms with Crippen LogP contribution in [-0.2, 0) is 0 Å². The lowest BCUT2D eigenvalue weighted by molar-refractivity contribution is 0.0959. The fourth-order valence-corrected chi connectivity index (χ4v) is 2.64. The number of carbonyl (C=O) groups excluding carboxylic acids is 1. The molecule has 0 heterocycles. The Morgan fingerprint density at radius 2 is 1.65 bits per heavy atom. The molecule has 2 heteroatoms. The summed E-state index contributed by atoms with van der Waals surface area (Å²) in [6.45, 7) is 11.6. The summed E-state index contributed by atoms with van der Waals surface area (Å²) in [5.41, 5.74) is 3.18. The molecule has 0 fully saturated rings. The fraction of sp³-hybridized carbons (Fsp3) is 0.611. The SMILES string of the molecule is Cc1cc(C)cc(C(=O)CCN(C)C(C)CC(C)C)c1. The molecule has 0 spiro atoms. The van der Waals surface area contributed by atoms with Crippen LogP contribution in [0.1, 0.15) is 55.1 Å². The summed E-state index contributed by atoms with van der Waals surface area (Å²) >= 11 is 0. The highest BCUT2D eigenvalue weighted by Crippen LogP contribution is 2.13. The average Bonchev–Trinajstić information content (AvgIpc) is 2.33. The third kappa shape index (κ3) is 5.46. The molecule has 0 aromatic heterocycles. The van der Waals surface area contributed by atoms with Gasteiger partial charge in [0, 0.05) is 24.6 Å². The molecule has 0 saturated heterocycles. The minimum Gasteiger partial charge on any atom is -0.303 e. The van der Waals surface area contributed by atoms with E-state index < -0.39 is 0 Å². The summed E-state index contributed by atoms with van der Waals surface area (Å²) in [6, 6.07) is 6.62. The second kappa shape index (κ2) is 7.58. The third-order valence-electron chi connectivity index (χ3n) is 3.80. The molecule has 112 valence electrons. The van der Waals surface area contributed by atoms with Crippen LogP contribution in [0, 0.1) is 19.8 Å². The number of rotatable bonds is 7. The first-order valence-electron chi connectivity index (χ1n) is 7.61. The Morgan fingerprint density at radius 1 is 1.10 bits per heavy atom. The van der Waals surface area contributed by atoms with E-state index in [-0.39, 0.29) is 5.78 Å². The monoisotopic (exact) mass is 275 g/mol. The molecule has 0 bridgehead atoms. The summed E-state index contributed by atoms with van der Waals surface area (Å²) < 4.78 is 0. The van der Waals surface area contributed by atoms with Crippen LogP contribution < -0.4 is 0 Å². The molecule has 1 aromatic carbocycles. The fourth-order valence-electron chi connectivity index (χ4n) is 2.64. The standard InChI is InChI=1S/C18H29NO/c1-13(2)9-16(5)19(6)8-7-18(20)17-11-14(3)10-15(4)12-17/h10-13,16H,7-9H2,1-6H3. The molecule has 0 aliphatic rings. The van der Waals surface area contributed by atoms with Crippen molar-refractivity contribution in [3.63, 3.8) is 0 Å². The van der Waals surface area contributed by atoms with E-state index in [0.717, 1.165) is 23.2 Å². The van der Waals surface area contributed by atoms with E-state index in [1.54, 1.807) is 0 Å². The maximum atomic E-state index is 12.3. The first-order chi connectivity index (χ1) is 9.29. The van der Waals surface area contributed by atoms with Gasteiger partial charge in [0.15, 0.2) is 5.78 Å². The molecule has 0 aliphatic heterocycles. The highest BCUT2D eigenvalue weighted by molar-refractivity contribution is 5.96. The van der Waals surface area contributed by atoms with E-state index in [0.29, 0.717) is 18.4 Å². The van der Waals surface area contributed by atoms with Crippen LogP contribution in [-0.4, -0.2) is 30.3 Å². The number of ketones is 1. The average molecular weight is 275 g/mol. The molecule has 1 unspecified atom stereocenters. The normalized spacial score (nSPS) is 13.0. The van der Waals surface area contributed by atoms with Crippen molar-refractivity contribution in [1.29, 1.82) is 0 Å². The zero-order valence-corrected chi connectivity index (χ0v) is 13.9. The van der Waals surface area contributed by atoms with Gasteiger partial charge in [0.2, 0.25) is 0 Å². The van der Waals surface area contributed by atoms with Gasteiger partial charge in [-0.2, -0.15) is 0 Å². The van der Waals surface area contributed by atoms with Gasteiger partial charge in [0.25, 0.3) is 0 Å². The van der Waals surface area contributed by atoms with Crippen molar-refractivity contribution in [3.8, 4) is 0 Å². The predicted octanol–water partition coefficient (Wildman–Crippen LogP) is 4.24. The maximum absolute atomic E-state index is 12.3. The Hall–Kier alpha value is -1.15. The molecule has 2 nitrogen and oxygen atoms in total. The van der Waals surface area contributed by atoms with Gasteiger partial charge in [0.1, 0.15) is 0 Å². The van der Waals surface area contributed by atoms with Gasteiger partial charge < -0.3 is 4.90 Å². The predicted molar refractivity (Wildman–Crippen MR) is 86.4 cm³/mol. The number of hydrogen-bond acceptors (Lipinski definition) is 2. The van der Waals surface area contributed by atoms with Crippen LogP contribution in [0.25, 0.3) is 0 Å². The number of nitrogens with zero attached hydrogens (tertiary/aromatic N) is 1. The van der Waals surface area contributed by atoms with Crippen LogP contribution >= 0.6 is 0 Å². The highest BCUT2D eigenvalue weighted by atomic mass is 16.1. The van der Waals surface area contributed by atoms with Gasteiger partial charge in [-0.25, -0.2) is 0 Å². The number of benzene rings is 1. The second-order valence-electron chi connectivity index (χ2n) is 6.51. The maximum Gasteiger partial charge on any atom is 0.164 e. The molecule has 0 saturated carbocycles. The van der Waals surface area contributed by atoms with E-state index >= 15 is 0 Å². The first-order valence-corrected chi connectivity index (χ1v) is 7.61. The van der Waals surface area contributed by atoms with Crippen LogP contribution in [0.3, 0.4) is 0 Å². The first kappa shape index (κ1) is 16.9.